The third kappa shape index (κ3) is 4.16. The highest BCUT2D eigenvalue weighted by atomic mass is 16.5. The number of hydrogen-bond donors (Lipinski definition) is 2. The van der Waals surface area contributed by atoms with Gasteiger partial charge in [-0.2, -0.15) is 0 Å². The molecule has 2 heterocycles. The number of nitrogens with zero attached hydrogens (tertiary/aromatic N) is 3. The van der Waals surface area contributed by atoms with Crippen LogP contribution in [0.5, 0.6) is 5.75 Å². The number of rotatable bonds is 6. The maximum absolute atomic E-state index is 5.14. The highest BCUT2D eigenvalue weighted by Crippen LogP contribution is 2.19. The zero-order valence-electron chi connectivity index (χ0n) is 12.7. The number of pyridine rings is 1. The fraction of sp³-hybridized carbons (Fsp3) is 0.118. The molecule has 0 saturated carbocycles. The van der Waals surface area contributed by atoms with Crippen LogP contribution in [0.2, 0.25) is 0 Å². The second-order valence-electron chi connectivity index (χ2n) is 4.86. The molecule has 0 saturated heterocycles. The Morgan fingerprint density at radius 1 is 1.04 bits per heavy atom. The molecule has 0 bridgehead atoms. The number of anilines is 3. The highest BCUT2D eigenvalue weighted by molar-refractivity contribution is 5.59. The predicted molar refractivity (Wildman–Crippen MR) is 89.9 cm³/mol. The van der Waals surface area contributed by atoms with Crippen LogP contribution in [0.1, 0.15) is 5.56 Å². The second kappa shape index (κ2) is 7.22. The van der Waals surface area contributed by atoms with Crippen molar-refractivity contribution in [3.63, 3.8) is 0 Å². The summed E-state index contributed by atoms with van der Waals surface area (Å²) in [6, 6.07) is 13.4. The summed E-state index contributed by atoms with van der Waals surface area (Å²) >= 11 is 0. The molecule has 0 unspecified atom stereocenters. The molecule has 0 amide bonds. The van der Waals surface area contributed by atoms with Crippen molar-refractivity contribution >= 4 is 17.3 Å². The maximum atomic E-state index is 5.14. The Hall–Kier alpha value is -3.15. The number of nitrogens with one attached hydrogen (secondary N) is 2. The smallest absolute Gasteiger partial charge is 0.135 e. The quantitative estimate of drug-likeness (QED) is 0.728. The Labute approximate surface area is 134 Å². The molecule has 2 aromatic heterocycles. The summed E-state index contributed by atoms with van der Waals surface area (Å²) in [6.45, 7) is 0.660. The van der Waals surface area contributed by atoms with Crippen LogP contribution in [0, 0.1) is 0 Å². The van der Waals surface area contributed by atoms with Crippen molar-refractivity contribution in [2.24, 2.45) is 0 Å². The molecule has 0 aliphatic carbocycles. The van der Waals surface area contributed by atoms with Gasteiger partial charge >= 0.3 is 0 Å². The fourth-order valence-corrected chi connectivity index (χ4v) is 2.04. The van der Waals surface area contributed by atoms with Crippen LogP contribution in [-0.4, -0.2) is 22.1 Å². The third-order valence-electron chi connectivity index (χ3n) is 3.23. The van der Waals surface area contributed by atoms with Crippen molar-refractivity contribution in [1.29, 1.82) is 0 Å². The first-order valence-corrected chi connectivity index (χ1v) is 7.19. The molecule has 3 aromatic rings. The SMILES string of the molecule is COc1ccc(Nc2cc(NCc3cccnc3)ncn2)cc1. The minimum atomic E-state index is 0.660. The van der Waals surface area contributed by atoms with E-state index in [0.29, 0.717) is 6.54 Å². The van der Waals surface area contributed by atoms with Crippen LogP contribution >= 0.6 is 0 Å². The molecule has 0 aliphatic rings. The topological polar surface area (TPSA) is 72.0 Å². The lowest BCUT2D eigenvalue weighted by atomic mass is 10.3. The first kappa shape index (κ1) is 14.8. The standard InChI is InChI=1S/C17H17N5O/c1-23-15-6-4-14(5-7-15)22-17-9-16(20-12-21-17)19-11-13-3-2-8-18-10-13/h2-10,12H,11H2,1H3,(H2,19,20,21,22). The van der Waals surface area contributed by atoms with E-state index in [0.717, 1.165) is 28.6 Å². The Morgan fingerprint density at radius 3 is 2.61 bits per heavy atom. The van der Waals surface area contributed by atoms with E-state index in [1.54, 1.807) is 13.3 Å². The summed E-state index contributed by atoms with van der Waals surface area (Å²) in [7, 11) is 1.65. The van der Waals surface area contributed by atoms with Crippen molar-refractivity contribution in [1.82, 2.24) is 15.0 Å². The minimum absolute atomic E-state index is 0.660. The van der Waals surface area contributed by atoms with E-state index >= 15 is 0 Å². The van der Waals surface area contributed by atoms with Crippen LogP contribution in [0.15, 0.2) is 61.2 Å². The monoisotopic (exact) mass is 307 g/mol. The second-order valence-corrected chi connectivity index (χ2v) is 4.86. The van der Waals surface area contributed by atoms with Crippen molar-refractivity contribution in [3.8, 4) is 5.75 Å². The molecule has 23 heavy (non-hydrogen) atoms. The predicted octanol–water partition coefficient (Wildman–Crippen LogP) is 3.24. The summed E-state index contributed by atoms with van der Waals surface area (Å²) < 4.78 is 5.14. The lowest BCUT2D eigenvalue weighted by Crippen LogP contribution is -2.03. The summed E-state index contributed by atoms with van der Waals surface area (Å²) in [4.78, 5) is 12.5. The number of methoxy groups -OCH3 is 1. The molecular formula is C17H17N5O. The average Bonchev–Trinajstić information content (AvgIpc) is 2.62. The lowest BCUT2D eigenvalue weighted by molar-refractivity contribution is 0.415. The van der Waals surface area contributed by atoms with Gasteiger partial charge in [0.2, 0.25) is 0 Å². The van der Waals surface area contributed by atoms with Gasteiger partial charge in [0.1, 0.15) is 23.7 Å². The average molecular weight is 307 g/mol. The number of ether oxygens (including phenoxy) is 1. The maximum Gasteiger partial charge on any atom is 0.135 e. The first-order chi connectivity index (χ1) is 11.3. The van der Waals surface area contributed by atoms with Crippen molar-refractivity contribution in [2.75, 3.05) is 17.7 Å². The minimum Gasteiger partial charge on any atom is -0.497 e. The van der Waals surface area contributed by atoms with E-state index in [-0.39, 0.29) is 0 Å². The summed E-state index contributed by atoms with van der Waals surface area (Å²) in [5, 5.41) is 6.49. The van der Waals surface area contributed by atoms with Crippen molar-refractivity contribution in [3.05, 3.63) is 66.7 Å². The molecule has 0 spiro atoms. The molecule has 0 aliphatic heterocycles. The number of aromatic nitrogens is 3. The zero-order valence-corrected chi connectivity index (χ0v) is 12.7. The van der Waals surface area contributed by atoms with Crippen LogP contribution in [0.3, 0.4) is 0 Å². The molecule has 0 atom stereocenters. The molecular weight excluding hydrogens is 290 g/mol. The number of hydrogen-bond acceptors (Lipinski definition) is 6. The highest BCUT2D eigenvalue weighted by Gasteiger charge is 2.01. The zero-order chi connectivity index (χ0) is 15.9. The van der Waals surface area contributed by atoms with E-state index in [1.165, 1.54) is 6.33 Å². The van der Waals surface area contributed by atoms with Crippen LogP contribution in [0.4, 0.5) is 17.3 Å². The van der Waals surface area contributed by atoms with Crippen molar-refractivity contribution in [2.45, 2.75) is 6.54 Å². The van der Waals surface area contributed by atoms with E-state index in [1.807, 2.05) is 48.7 Å². The van der Waals surface area contributed by atoms with Crippen molar-refractivity contribution < 1.29 is 4.74 Å². The summed E-state index contributed by atoms with van der Waals surface area (Å²) in [5.74, 6) is 2.29. The molecule has 6 nitrogen and oxygen atoms in total. The van der Waals surface area contributed by atoms with Gasteiger partial charge in [0.25, 0.3) is 0 Å². The molecule has 2 N–H and O–H groups in total. The van der Waals surface area contributed by atoms with Gasteiger partial charge < -0.3 is 15.4 Å². The largest absolute Gasteiger partial charge is 0.497 e. The fourth-order valence-electron chi connectivity index (χ4n) is 2.04. The first-order valence-electron chi connectivity index (χ1n) is 7.19. The Kier molecular flexibility index (Phi) is 4.63. The lowest BCUT2D eigenvalue weighted by Gasteiger charge is -2.09. The van der Waals surface area contributed by atoms with Gasteiger partial charge in [0, 0.05) is 30.7 Å². The third-order valence-corrected chi connectivity index (χ3v) is 3.23. The van der Waals surface area contributed by atoms with Crippen LogP contribution in [-0.2, 0) is 6.54 Å². The van der Waals surface area contributed by atoms with Gasteiger partial charge in [-0.05, 0) is 35.9 Å². The van der Waals surface area contributed by atoms with Crippen LogP contribution in [0.25, 0.3) is 0 Å². The van der Waals surface area contributed by atoms with Gasteiger partial charge in [-0.1, -0.05) is 6.07 Å². The molecule has 3 rings (SSSR count). The summed E-state index contributed by atoms with van der Waals surface area (Å²) in [6.07, 6.45) is 5.10. The molecule has 1 aromatic carbocycles. The van der Waals surface area contributed by atoms with E-state index in [9.17, 15) is 0 Å². The van der Waals surface area contributed by atoms with Crippen LogP contribution < -0.4 is 15.4 Å². The Morgan fingerprint density at radius 2 is 1.87 bits per heavy atom. The Bertz CT molecular complexity index is 746. The molecule has 0 radical (unpaired) electrons. The van der Waals surface area contributed by atoms with Gasteiger partial charge in [0.05, 0.1) is 7.11 Å². The molecule has 0 fully saturated rings. The van der Waals surface area contributed by atoms with Gasteiger partial charge in [-0.25, -0.2) is 9.97 Å². The molecule has 6 heteroatoms. The Balaban J connectivity index is 1.64. The van der Waals surface area contributed by atoms with E-state index in [2.05, 4.69) is 25.6 Å². The van der Waals surface area contributed by atoms with Gasteiger partial charge in [0.15, 0.2) is 0 Å². The number of benzene rings is 1. The normalized spacial score (nSPS) is 10.1. The summed E-state index contributed by atoms with van der Waals surface area (Å²) in [5.41, 5.74) is 2.03. The van der Waals surface area contributed by atoms with E-state index < -0.39 is 0 Å². The van der Waals surface area contributed by atoms with Gasteiger partial charge in [-0.15, -0.1) is 0 Å². The molecule has 116 valence electrons. The van der Waals surface area contributed by atoms with E-state index in [4.69, 9.17) is 4.74 Å². The van der Waals surface area contributed by atoms with Gasteiger partial charge in [-0.3, -0.25) is 4.98 Å².